The van der Waals surface area contributed by atoms with Gasteiger partial charge in [0.05, 0.1) is 6.10 Å². The lowest BCUT2D eigenvalue weighted by Crippen LogP contribution is -2.14. The highest BCUT2D eigenvalue weighted by Gasteiger charge is 2.09. The highest BCUT2D eigenvalue weighted by molar-refractivity contribution is 5.86. The third-order valence-electron chi connectivity index (χ3n) is 2.58. The van der Waals surface area contributed by atoms with Crippen molar-refractivity contribution in [2.75, 3.05) is 0 Å². The minimum Gasteiger partial charge on any atom is -0.505 e. The van der Waals surface area contributed by atoms with Crippen LogP contribution < -0.4 is 5.48 Å². The van der Waals surface area contributed by atoms with Crippen molar-refractivity contribution in [3.8, 4) is 5.75 Å². The number of hydroxylamine groups is 1. The third-order valence-corrected chi connectivity index (χ3v) is 2.58. The highest BCUT2D eigenvalue weighted by Crippen LogP contribution is 2.24. The van der Waals surface area contributed by atoms with Gasteiger partial charge in [-0.15, -0.1) is 0 Å². The molecule has 0 radical (unpaired) electrons. The first-order valence-electron chi connectivity index (χ1n) is 5.81. The Hall–Kier alpha value is -1.92. The van der Waals surface area contributed by atoms with Gasteiger partial charge in [0, 0.05) is 6.08 Å². The number of nitrogens with one attached hydrogen (secondary N) is 1. The molecule has 6 heteroatoms. The second-order valence-electron chi connectivity index (χ2n) is 4.04. The summed E-state index contributed by atoms with van der Waals surface area (Å²) in [7, 11) is 0. The number of phenols is 1. The van der Waals surface area contributed by atoms with Crippen LogP contribution in [0.3, 0.4) is 0 Å². The van der Waals surface area contributed by atoms with Crippen LogP contribution in [0.5, 0.6) is 5.75 Å². The summed E-state index contributed by atoms with van der Waals surface area (Å²) in [5, 5.41) is 27.1. The Morgan fingerprint density at radius 1 is 1.47 bits per heavy atom. The molecular formula is C13H16FNO4. The van der Waals surface area contributed by atoms with Crippen molar-refractivity contribution in [1.29, 1.82) is 0 Å². The fourth-order valence-electron chi connectivity index (χ4n) is 1.55. The van der Waals surface area contributed by atoms with Gasteiger partial charge < -0.3 is 10.2 Å². The minimum absolute atomic E-state index is 0.396. The molecule has 1 aromatic rings. The van der Waals surface area contributed by atoms with Gasteiger partial charge in [-0.05, 0) is 37.0 Å². The maximum absolute atomic E-state index is 13.1. The van der Waals surface area contributed by atoms with Crippen molar-refractivity contribution in [3.05, 3.63) is 41.7 Å². The standard InChI is InChI=1S/C13H16FNO4/c14-10-8-9(6-7-12(10)17)11(16)4-2-1-3-5-13(18)15-19/h3,5-8,11,16-17,19H,1-2,4H2,(H,15,18)/b5-3+/t11-/m0/s1. The molecule has 0 unspecified atom stereocenters. The highest BCUT2D eigenvalue weighted by atomic mass is 19.1. The van der Waals surface area contributed by atoms with Crippen molar-refractivity contribution < 1.29 is 24.6 Å². The molecule has 0 aliphatic rings. The van der Waals surface area contributed by atoms with Crippen molar-refractivity contribution in [3.63, 3.8) is 0 Å². The van der Waals surface area contributed by atoms with Crippen molar-refractivity contribution >= 4 is 5.91 Å². The lowest BCUT2D eigenvalue weighted by atomic mass is 10.0. The molecule has 0 fully saturated rings. The van der Waals surface area contributed by atoms with E-state index in [0.717, 1.165) is 6.07 Å². The quantitative estimate of drug-likeness (QED) is 0.274. The van der Waals surface area contributed by atoms with Crippen LogP contribution in [0.15, 0.2) is 30.4 Å². The maximum atomic E-state index is 13.1. The normalized spacial score (nSPS) is 12.6. The Balaban J connectivity index is 2.39. The lowest BCUT2D eigenvalue weighted by Gasteiger charge is -2.10. The Morgan fingerprint density at radius 3 is 2.84 bits per heavy atom. The van der Waals surface area contributed by atoms with E-state index in [2.05, 4.69) is 0 Å². The summed E-state index contributed by atoms with van der Waals surface area (Å²) in [5.41, 5.74) is 1.86. The second kappa shape index (κ2) is 7.50. The summed E-state index contributed by atoms with van der Waals surface area (Å²) < 4.78 is 13.1. The van der Waals surface area contributed by atoms with Gasteiger partial charge in [0.1, 0.15) is 0 Å². The molecule has 1 amide bonds. The van der Waals surface area contributed by atoms with E-state index in [4.69, 9.17) is 10.3 Å². The predicted molar refractivity (Wildman–Crippen MR) is 65.9 cm³/mol. The second-order valence-corrected chi connectivity index (χ2v) is 4.04. The first-order chi connectivity index (χ1) is 9.04. The number of aliphatic hydroxyl groups is 1. The van der Waals surface area contributed by atoms with Gasteiger partial charge in [-0.2, -0.15) is 0 Å². The van der Waals surface area contributed by atoms with Gasteiger partial charge in [0.15, 0.2) is 11.6 Å². The minimum atomic E-state index is -0.824. The zero-order valence-corrected chi connectivity index (χ0v) is 10.2. The number of hydrogen-bond donors (Lipinski definition) is 4. The molecule has 0 saturated heterocycles. The van der Waals surface area contributed by atoms with Crippen LogP contribution in [-0.4, -0.2) is 21.3 Å². The van der Waals surface area contributed by atoms with Crippen molar-refractivity contribution in [1.82, 2.24) is 5.48 Å². The van der Waals surface area contributed by atoms with Gasteiger partial charge in [-0.25, -0.2) is 9.87 Å². The van der Waals surface area contributed by atoms with Crippen LogP contribution in [0.25, 0.3) is 0 Å². The summed E-state index contributed by atoms with van der Waals surface area (Å²) in [6.07, 6.45) is 3.47. The Kier molecular flexibility index (Phi) is 5.98. The van der Waals surface area contributed by atoms with Crippen molar-refractivity contribution in [2.45, 2.75) is 25.4 Å². The molecule has 1 rings (SSSR count). The molecule has 1 atom stereocenters. The molecule has 4 N–H and O–H groups in total. The summed E-state index contributed by atoms with van der Waals surface area (Å²) in [5.74, 6) is -1.83. The van der Waals surface area contributed by atoms with Crippen LogP contribution in [0.4, 0.5) is 4.39 Å². The molecule has 0 aliphatic heterocycles. The Bertz CT molecular complexity index is 462. The van der Waals surface area contributed by atoms with E-state index < -0.39 is 23.6 Å². The van der Waals surface area contributed by atoms with Crippen molar-refractivity contribution in [2.24, 2.45) is 0 Å². The van der Waals surface area contributed by atoms with E-state index >= 15 is 0 Å². The van der Waals surface area contributed by atoms with Gasteiger partial charge in [0.25, 0.3) is 5.91 Å². The summed E-state index contributed by atoms with van der Waals surface area (Å²) >= 11 is 0. The molecule has 0 aliphatic carbocycles. The molecule has 104 valence electrons. The zero-order valence-electron chi connectivity index (χ0n) is 10.2. The van der Waals surface area contributed by atoms with E-state index in [1.807, 2.05) is 0 Å². The van der Waals surface area contributed by atoms with Gasteiger partial charge in [-0.1, -0.05) is 12.1 Å². The predicted octanol–water partition coefficient (Wildman–Crippen LogP) is 1.80. The molecule has 0 aromatic heterocycles. The van der Waals surface area contributed by atoms with Crippen LogP contribution in [0, 0.1) is 5.82 Å². The van der Waals surface area contributed by atoms with Gasteiger partial charge in [-0.3, -0.25) is 10.0 Å². The molecule has 0 bridgehead atoms. The number of carbonyl (C=O) groups is 1. The number of aromatic hydroxyl groups is 1. The average Bonchev–Trinajstić information content (AvgIpc) is 2.40. The van der Waals surface area contributed by atoms with Crippen LogP contribution >= 0.6 is 0 Å². The number of allylic oxidation sites excluding steroid dienone is 1. The molecular weight excluding hydrogens is 253 g/mol. The SMILES string of the molecule is O=C(/C=C/CCC[C@H](O)c1ccc(O)c(F)c1)NO. The molecule has 0 spiro atoms. The number of hydrogen-bond acceptors (Lipinski definition) is 4. The van der Waals surface area contributed by atoms with E-state index in [-0.39, 0.29) is 0 Å². The molecule has 5 nitrogen and oxygen atoms in total. The van der Waals surface area contributed by atoms with E-state index in [9.17, 15) is 14.3 Å². The fourth-order valence-corrected chi connectivity index (χ4v) is 1.55. The first kappa shape index (κ1) is 15.1. The number of carbonyl (C=O) groups excluding carboxylic acids is 1. The van der Waals surface area contributed by atoms with Gasteiger partial charge >= 0.3 is 0 Å². The monoisotopic (exact) mass is 269 g/mol. The molecule has 0 saturated carbocycles. The Morgan fingerprint density at radius 2 is 2.21 bits per heavy atom. The number of amides is 1. The largest absolute Gasteiger partial charge is 0.505 e. The molecule has 19 heavy (non-hydrogen) atoms. The molecule has 1 aromatic carbocycles. The smallest absolute Gasteiger partial charge is 0.267 e. The number of benzene rings is 1. The van der Waals surface area contributed by atoms with E-state index in [0.29, 0.717) is 24.8 Å². The number of unbranched alkanes of at least 4 members (excludes halogenated alkanes) is 1. The van der Waals surface area contributed by atoms with E-state index in [1.54, 1.807) is 6.08 Å². The summed E-state index contributed by atoms with van der Waals surface area (Å²) in [6, 6.07) is 3.74. The molecule has 0 heterocycles. The third kappa shape index (κ3) is 5.07. The van der Waals surface area contributed by atoms with E-state index in [1.165, 1.54) is 23.7 Å². The number of phenolic OH excluding ortho intramolecular Hbond substituents is 1. The number of rotatable bonds is 6. The topological polar surface area (TPSA) is 89.8 Å². The Labute approximate surface area is 110 Å². The maximum Gasteiger partial charge on any atom is 0.267 e. The van der Waals surface area contributed by atoms with Gasteiger partial charge in [0.2, 0.25) is 0 Å². The van der Waals surface area contributed by atoms with Crippen LogP contribution in [-0.2, 0) is 4.79 Å². The van der Waals surface area contributed by atoms with Crippen LogP contribution in [0.1, 0.15) is 30.9 Å². The summed E-state index contributed by atoms with van der Waals surface area (Å²) in [6.45, 7) is 0. The van der Waals surface area contributed by atoms with Crippen LogP contribution in [0.2, 0.25) is 0 Å². The summed E-state index contributed by atoms with van der Waals surface area (Å²) in [4.78, 5) is 10.6. The fraction of sp³-hybridized carbons (Fsp3) is 0.308. The average molecular weight is 269 g/mol. The number of aliphatic hydroxyl groups excluding tert-OH is 1. The first-order valence-corrected chi connectivity index (χ1v) is 5.81. The zero-order chi connectivity index (χ0) is 14.3. The lowest BCUT2D eigenvalue weighted by molar-refractivity contribution is -0.124. The number of halogens is 1.